The van der Waals surface area contributed by atoms with Gasteiger partial charge in [0.15, 0.2) is 11.4 Å². The molecule has 10 heteroatoms. The van der Waals surface area contributed by atoms with Gasteiger partial charge in [0.05, 0.1) is 17.4 Å². The number of hydrazine groups is 1. The van der Waals surface area contributed by atoms with Gasteiger partial charge in [-0.05, 0) is 25.0 Å². The summed E-state index contributed by atoms with van der Waals surface area (Å²) in [5.41, 5.74) is 2.44. The predicted molar refractivity (Wildman–Crippen MR) is 78.6 cm³/mol. The average Bonchev–Trinajstić information content (AvgIpc) is 3.34. The number of carbonyl (C=O) groups excluding carboxylic acids is 2. The second-order valence-electron chi connectivity index (χ2n) is 5.54. The van der Waals surface area contributed by atoms with E-state index in [9.17, 15) is 27.9 Å². The lowest BCUT2D eigenvalue weighted by molar-refractivity contribution is -0.137. The summed E-state index contributed by atoms with van der Waals surface area (Å²) < 4.78 is 39.9. The first-order chi connectivity index (χ1) is 11.8. The van der Waals surface area contributed by atoms with E-state index in [-0.39, 0.29) is 17.5 Å². The Bertz CT molecular complexity index is 828. The second kappa shape index (κ2) is 6.11. The molecule has 1 aromatic carbocycles. The Morgan fingerprint density at radius 2 is 1.88 bits per heavy atom. The number of hydrogen-bond donors (Lipinski definition) is 3. The fourth-order valence-electron chi connectivity index (χ4n) is 2.19. The highest BCUT2D eigenvalue weighted by atomic mass is 19.4. The highest BCUT2D eigenvalue weighted by Gasteiger charge is 2.34. The Morgan fingerprint density at radius 3 is 2.52 bits per heavy atom. The smallest absolute Gasteiger partial charge is 0.418 e. The van der Waals surface area contributed by atoms with Crippen LogP contribution in [0.5, 0.6) is 5.75 Å². The number of amides is 2. The maximum absolute atomic E-state index is 13.1. The quantitative estimate of drug-likeness (QED) is 0.732. The molecule has 1 fully saturated rings. The third-order valence-electron chi connectivity index (χ3n) is 3.61. The van der Waals surface area contributed by atoms with E-state index in [4.69, 9.17) is 0 Å². The molecule has 7 nitrogen and oxygen atoms in total. The van der Waals surface area contributed by atoms with E-state index < -0.39 is 29.1 Å². The molecule has 0 atom stereocenters. The highest BCUT2D eigenvalue weighted by molar-refractivity contribution is 5.96. The van der Waals surface area contributed by atoms with Crippen LogP contribution in [-0.2, 0) is 11.0 Å². The van der Waals surface area contributed by atoms with Crippen molar-refractivity contribution in [2.75, 3.05) is 0 Å². The van der Waals surface area contributed by atoms with Crippen LogP contribution in [0, 0.1) is 5.92 Å². The Hall–Kier alpha value is -3.04. The number of halogens is 3. The lowest BCUT2D eigenvalue weighted by Crippen LogP contribution is -2.42. The van der Waals surface area contributed by atoms with Crippen molar-refractivity contribution in [2.24, 2.45) is 5.92 Å². The van der Waals surface area contributed by atoms with Crippen LogP contribution < -0.4 is 10.9 Å². The minimum absolute atomic E-state index is 0.148. The number of aromatic hydroxyl groups is 1. The van der Waals surface area contributed by atoms with Gasteiger partial charge in [-0.25, -0.2) is 4.68 Å². The van der Waals surface area contributed by atoms with Gasteiger partial charge in [0, 0.05) is 5.92 Å². The molecule has 2 amide bonds. The van der Waals surface area contributed by atoms with Crippen molar-refractivity contribution >= 4 is 11.8 Å². The molecule has 1 aliphatic rings. The van der Waals surface area contributed by atoms with Gasteiger partial charge in [0.25, 0.3) is 5.91 Å². The largest absolute Gasteiger partial charge is 0.504 e. The lowest BCUT2D eigenvalue weighted by Gasteiger charge is -2.12. The summed E-state index contributed by atoms with van der Waals surface area (Å²) in [7, 11) is 0. The molecule has 0 radical (unpaired) electrons. The second-order valence-corrected chi connectivity index (χ2v) is 5.54. The van der Waals surface area contributed by atoms with Gasteiger partial charge in [-0.1, -0.05) is 12.1 Å². The van der Waals surface area contributed by atoms with E-state index in [2.05, 4.69) is 16.0 Å². The number of alkyl halides is 3. The zero-order valence-electron chi connectivity index (χ0n) is 12.7. The molecule has 0 unspecified atom stereocenters. The fourth-order valence-corrected chi connectivity index (χ4v) is 2.19. The molecular weight excluding hydrogens is 341 g/mol. The Labute approximate surface area is 139 Å². The molecule has 0 aliphatic heterocycles. The maximum atomic E-state index is 13.1. The number of benzene rings is 1. The normalized spacial score (nSPS) is 14.2. The van der Waals surface area contributed by atoms with Gasteiger partial charge in [-0.3, -0.25) is 20.4 Å². The molecule has 3 rings (SSSR count). The number of carbonyl (C=O) groups is 2. The SMILES string of the molecule is O=C(NNC(=O)C1CC1)c1nn(-c2ccccc2C(F)(F)F)cc1O. The van der Waals surface area contributed by atoms with Crippen LogP contribution in [0.1, 0.15) is 28.9 Å². The number of nitrogens with zero attached hydrogens (tertiary/aromatic N) is 2. The lowest BCUT2D eigenvalue weighted by atomic mass is 10.2. The van der Waals surface area contributed by atoms with Crippen LogP contribution in [0.4, 0.5) is 13.2 Å². The highest BCUT2D eigenvalue weighted by Crippen LogP contribution is 2.34. The van der Waals surface area contributed by atoms with E-state index in [0.717, 1.165) is 35.9 Å². The van der Waals surface area contributed by atoms with Crippen LogP contribution >= 0.6 is 0 Å². The third-order valence-corrected chi connectivity index (χ3v) is 3.61. The molecule has 0 bridgehead atoms. The van der Waals surface area contributed by atoms with Crippen molar-refractivity contribution in [1.29, 1.82) is 0 Å². The molecule has 25 heavy (non-hydrogen) atoms. The number of para-hydroxylation sites is 1. The number of hydrogen-bond acceptors (Lipinski definition) is 4. The topological polar surface area (TPSA) is 96.3 Å². The van der Waals surface area contributed by atoms with Gasteiger partial charge in [-0.2, -0.15) is 18.3 Å². The van der Waals surface area contributed by atoms with Crippen molar-refractivity contribution in [2.45, 2.75) is 19.0 Å². The van der Waals surface area contributed by atoms with Gasteiger partial charge < -0.3 is 5.11 Å². The van der Waals surface area contributed by atoms with E-state index in [1.54, 1.807) is 0 Å². The zero-order valence-corrected chi connectivity index (χ0v) is 12.7. The molecular formula is C15H13F3N4O3. The summed E-state index contributed by atoms with van der Waals surface area (Å²) in [5.74, 6) is -2.07. The summed E-state index contributed by atoms with van der Waals surface area (Å²) in [6.07, 6.45) is -2.27. The average molecular weight is 354 g/mol. The van der Waals surface area contributed by atoms with Crippen LogP contribution in [-0.4, -0.2) is 26.7 Å². The number of rotatable bonds is 3. The van der Waals surface area contributed by atoms with Gasteiger partial charge in [-0.15, -0.1) is 0 Å². The third kappa shape index (κ3) is 3.57. The first-order valence-corrected chi connectivity index (χ1v) is 7.33. The molecule has 1 heterocycles. The van der Waals surface area contributed by atoms with Crippen molar-refractivity contribution in [1.82, 2.24) is 20.6 Å². The Kier molecular flexibility index (Phi) is 4.11. The minimum Gasteiger partial charge on any atom is -0.504 e. The van der Waals surface area contributed by atoms with Gasteiger partial charge in [0.2, 0.25) is 5.91 Å². The molecule has 1 saturated carbocycles. The summed E-state index contributed by atoms with van der Waals surface area (Å²) in [6, 6.07) is 4.62. The Morgan fingerprint density at radius 1 is 1.20 bits per heavy atom. The minimum atomic E-state index is -4.63. The predicted octanol–water partition coefficient (Wildman–Crippen LogP) is 1.77. The van der Waals surface area contributed by atoms with Crippen molar-refractivity contribution < 1.29 is 27.9 Å². The number of aromatic nitrogens is 2. The molecule has 132 valence electrons. The molecule has 1 aromatic heterocycles. The molecule has 3 N–H and O–H groups in total. The summed E-state index contributed by atoms with van der Waals surface area (Å²) >= 11 is 0. The number of nitrogens with one attached hydrogen (secondary N) is 2. The van der Waals surface area contributed by atoms with Crippen LogP contribution in [0.15, 0.2) is 30.5 Å². The first kappa shape index (κ1) is 16.8. The zero-order chi connectivity index (χ0) is 18.2. The Balaban J connectivity index is 1.83. The van der Waals surface area contributed by atoms with Crippen LogP contribution in [0.3, 0.4) is 0 Å². The molecule has 1 aliphatic carbocycles. The molecule has 0 spiro atoms. The van der Waals surface area contributed by atoms with E-state index in [1.165, 1.54) is 12.1 Å². The van der Waals surface area contributed by atoms with Crippen molar-refractivity contribution in [3.63, 3.8) is 0 Å². The van der Waals surface area contributed by atoms with E-state index in [1.807, 2.05) is 0 Å². The summed E-state index contributed by atoms with van der Waals surface area (Å²) in [4.78, 5) is 23.4. The maximum Gasteiger partial charge on any atom is 0.418 e. The van der Waals surface area contributed by atoms with Crippen LogP contribution in [0.2, 0.25) is 0 Å². The van der Waals surface area contributed by atoms with Crippen molar-refractivity contribution in [3.05, 3.63) is 41.7 Å². The van der Waals surface area contributed by atoms with Crippen molar-refractivity contribution in [3.8, 4) is 11.4 Å². The van der Waals surface area contributed by atoms with Gasteiger partial charge >= 0.3 is 6.18 Å². The monoisotopic (exact) mass is 354 g/mol. The fraction of sp³-hybridized carbons (Fsp3) is 0.267. The summed E-state index contributed by atoms with van der Waals surface area (Å²) in [6.45, 7) is 0. The van der Waals surface area contributed by atoms with E-state index >= 15 is 0 Å². The standard InChI is InChI=1S/C15H13F3N4O3/c16-15(17,18)9-3-1-2-4-10(9)22-7-11(23)12(21-22)14(25)20-19-13(24)8-5-6-8/h1-4,7-8,23H,5-6H2,(H,19,24)(H,20,25). The van der Waals surface area contributed by atoms with Gasteiger partial charge in [0.1, 0.15) is 0 Å². The summed E-state index contributed by atoms with van der Waals surface area (Å²) in [5, 5.41) is 13.5. The first-order valence-electron chi connectivity index (χ1n) is 7.33. The molecule has 2 aromatic rings. The van der Waals surface area contributed by atoms with Crippen LogP contribution in [0.25, 0.3) is 5.69 Å². The van der Waals surface area contributed by atoms with E-state index in [0.29, 0.717) is 0 Å². The molecule has 0 saturated heterocycles.